The van der Waals surface area contributed by atoms with E-state index in [2.05, 4.69) is 15.6 Å². The Morgan fingerprint density at radius 3 is 2.30 bits per heavy atom. The van der Waals surface area contributed by atoms with Crippen molar-refractivity contribution >= 4 is 17.9 Å². The Morgan fingerprint density at radius 2 is 1.73 bits per heavy atom. The van der Waals surface area contributed by atoms with Gasteiger partial charge in [0.05, 0.1) is 0 Å². The number of hydrogen-bond donors (Lipinski definition) is 3. The summed E-state index contributed by atoms with van der Waals surface area (Å²) in [4.78, 5) is 51.1. The van der Waals surface area contributed by atoms with Crippen molar-refractivity contribution in [1.29, 1.82) is 5.26 Å². The number of aromatic amines is 1. The van der Waals surface area contributed by atoms with Gasteiger partial charge in [-0.15, -0.1) is 0 Å². The fourth-order valence-corrected chi connectivity index (χ4v) is 6.56. The number of esters is 1. The molecule has 1 aromatic heterocycles. The first-order chi connectivity index (χ1) is 15.7. The summed E-state index contributed by atoms with van der Waals surface area (Å²) in [7, 11) is 0. The molecule has 4 aliphatic carbocycles. The topological polar surface area (TPSA) is 141 Å². The van der Waals surface area contributed by atoms with Gasteiger partial charge in [-0.2, -0.15) is 5.26 Å². The Kier molecular flexibility index (Phi) is 6.28. The SMILES string of the molecule is Cc1[nH]c(=O)c(C#N)c(C)c1CCC(=O)OCC(=O)NC(=O)NC12CC3CC(CC(C3)C1)C2. The maximum absolute atomic E-state index is 12.4. The summed E-state index contributed by atoms with van der Waals surface area (Å²) in [6, 6.07) is 1.35. The summed E-state index contributed by atoms with van der Waals surface area (Å²) < 4.78 is 5.01. The van der Waals surface area contributed by atoms with Gasteiger partial charge in [0.1, 0.15) is 11.6 Å². The van der Waals surface area contributed by atoms with E-state index in [-0.39, 0.29) is 23.9 Å². The van der Waals surface area contributed by atoms with Crippen LogP contribution in [-0.2, 0) is 20.7 Å². The molecule has 4 bridgehead atoms. The Labute approximate surface area is 192 Å². The predicted molar refractivity (Wildman–Crippen MR) is 118 cm³/mol. The van der Waals surface area contributed by atoms with Gasteiger partial charge in [-0.1, -0.05) is 0 Å². The van der Waals surface area contributed by atoms with Crippen molar-refractivity contribution in [2.24, 2.45) is 17.8 Å². The Bertz CT molecular complexity index is 1050. The van der Waals surface area contributed by atoms with Crippen molar-refractivity contribution in [1.82, 2.24) is 15.6 Å². The van der Waals surface area contributed by atoms with Crippen LogP contribution in [0.4, 0.5) is 4.79 Å². The molecule has 176 valence electrons. The number of nitrogens with zero attached hydrogens (tertiary/aromatic N) is 1. The van der Waals surface area contributed by atoms with Crippen molar-refractivity contribution in [3.05, 3.63) is 32.7 Å². The summed E-state index contributed by atoms with van der Waals surface area (Å²) in [5, 5.41) is 14.5. The van der Waals surface area contributed by atoms with Gasteiger partial charge in [-0.3, -0.25) is 19.7 Å². The van der Waals surface area contributed by atoms with Crippen LogP contribution in [0.2, 0.25) is 0 Å². The fourth-order valence-electron chi connectivity index (χ4n) is 6.56. The molecule has 3 N–H and O–H groups in total. The lowest BCUT2D eigenvalue weighted by molar-refractivity contribution is -0.148. The molecule has 0 saturated heterocycles. The molecule has 33 heavy (non-hydrogen) atoms. The number of ether oxygens (including phenoxy) is 1. The molecule has 4 aliphatic rings. The Morgan fingerprint density at radius 1 is 1.12 bits per heavy atom. The highest BCUT2D eigenvalue weighted by Gasteiger charge is 2.51. The zero-order valence-electron chi connectivity index (χ0n) is 19.1. The molecule has 3 amide bonds. The Hall–Kier alpha value is -3.15. The quantitative estimate of drug-likeness (QED) is 0.562. The normalized spacial score (nSPS) is 27.0. The van der Waals surface area contributed by atoms with E-state index < -0.39 is 30.1 Å². The second kappa shape index (κ2) is 9.00. The first-order valence-corrected chi connectivity index (χ1v) is 11.6. The van der Waals surface area contributed by atoms with Crippen LogP contribution < -0.4 is 16.2 Å². The smallest absolute Gasteiger partial charge is 0.321 e. The maximum atomic E-state index is 12.4. The van der Waals surface area contributed by atoms with E-state index in [4.69, 9.17) is 10.00 Å². The predicted octanol–water partition coefficient (Wildman–Crippen LogP) is 2.13. The molecule has 9 heteroatoms. The number of hydrogen-bond acceptors (Lipinski definition) is 6. The van der Waals surface area contributed by atoms with E-state index in [9.17, 15) is 19.2 Å². The van der Waals surface area contributed by atoms with Crippen LogP contribution in [0.15, 0.2) is 4.79 Å². The monoisotopic (exact) mass is 454 g/mol. The highest BCUT2D eigenvalue weighted by atomic mass is 16.5. The van der Waals surface area contributed by atoms with Gasteiger partial charge in [0.15, 0.2) is 6.61 Å². The summed E-state index contributed by atoms with van der Waals surface area (Å²) >= 11 is 0. The zero-order valence-corrected chi connectivity index (χ0v) is 19.1. The van der Waals surface area contributed by atoms with Crippen LogP contribution in [0.5, 0.6) is 0 Å². The van der Waals surface area contributed by atoms with Gasteiger partial charge in [0, 0.05) is 17.7 Å². The molecule has 0 aliphatic heterocycles. The molecule has 0 aromatic carbocycles. The molecular formula is C24H30N4O5. The molecule has 1 aromatic rings. The van der Waals surface area contributed by atoms with E-state index >= 15 is 0 Å². The zero-order chi connectivity index (χ0) is 23.8. The number of amides is 3. The molecule has 4 saturated carbocycles. The number of imide groups is 1. The molecule has 0 atom stereocenters. The summed E-state index contributed by atoms with van der Waals surface area (Å²) in [5.74, 6) is 0.746. The van der Waals surface area contributed by atoms with Crippen molar-refractivity contribution in [3.8, 4) is 6.07 Å². The number of aromatic nitrogens is 1. The summed E-state index contributed by atoms with van der Waals surface area (Å²) in [6.07, 6.45) is 6.95. The molecule has 0 radical (unpaired) electrons. The lowest BCUT2D eigenvalue weighted by Gasteiger charge is -2.56. The number of carbonyl (C=O) groups excluding carboxylic acids is 3. The second-order valence-electron chi connectivity index (χ2n) is 10.0. The molecule has 5 rings (SSSR count). The third-order valence-electron chi connectivity index (χ3n) is 7.53. The number of rotatable bonds is 6. The molecular weight excluding hydrogens is 424 g/mol. The minimum absolute atomic E-state index is 0.0216. The number of nitrogens with one attached hydrogen (secondary N) is 3. The van der Waals surface area contributed by atoms with Crippen LogP contribution in [-0.4, -0.2) is 35.0 Å². The summed E-state index contributed by atoms with van der Waals surface area (Å²) in [6.45, 7) is 2.82. The molecule has 0 spiro atoms. The van der Waals surface area contributed by atoms with Crippen LogP contribution in [0.3, 0.4) is 0 Å². The average Bonchev–Trinajstić information content (AvgIpc) is 2.70. The maximum Gasteiger partial charge on any atom is 0.321 e. The first-order valence-electron chi connectivity index (χ1n) is 11.6. The van der Waals surface area contributed by atoms with Crippen molar-refractivity contribution < 1.29 is 19.1 Å². The minimum Gasteiger partial charge on any atom is -0.456 e. The number of nitriles is 1. The van der Waals surface area contributed by atoms with E-state index in [0.717, 1.165) is 19.3 Å². The van der Waals surface area contributed by atoms with Crippen molar-refractivity contribution in [3.63, 3.8) is 0 Å². The van der Waals surface area contributed by atoms with Gasteiger partial charge in [0.2, 0.25) is 0 Å². The third-order valence-corrected chi connectivity index (χ3v) is 7.53. The van der Waals surface area contributed by atoms with Crippen molar-refractivity contribution in [2.45, 2.75) is 70.8 Å². The molecule has 1 heterocycles. The van der Waals surface area contributed by atoms with Gasteiger partial charge < -0.3 is 15.0 Å². The summed E-state index contributed by atoms with van der Waals surface area (Å²) in [5.41, 5.74) is 1.18. The lowest BCUT2D eigenvalue weighted by atomic mass is 9.53. The first kappa shape index (κ1) is 23.0. The van der Waals surface area contributed by atoms with Crippen LogP contribution in [0.25, 0.3) is 0 Å². The second-order valence-corrected chi connectivity index (χ2v) is 10.0. The van der Waals surface area contributed by atoms with E-state index in [1.54, 1.807) is 13.8 Å². The molecule has 9 nitrogen and oxygen atoms in total. The average molecular weight is 455 g/mol. The van der Waals surface area contributed by atoms with Crippen molar-refractivity contribution in [2.75, 3.05) is 6.61 Å². The number of carbonyl (C=O) groups is 3. The lowest BCUT2D eigenvalue weighted by Crippen LogP contribution is -2.62. The van der Waals surface area contributed by atoms with Gasteiger partial charge in [0.25, 0.3) is 11.5 Å². The van der Waals surface area contributed by atoms with Crippen LogP contribution in [0.1, 0.15) is 67.3 Å². The molecule has 4 fully saturated rings. The van der Waals surface area contributed by atoms with Gasteiger partial charge in [-0.05, 0) is 87.7 Å². The van der Waals surface area contributed by atoms with E-state index in [0.29, 0.717) is 34.6 Å². The highest BCUT2D eigenvalue weighted by molar-refractivity contribution is 5.95. The van der Waals surface area contributed by atoms with Gasteiger partial charge in [-0.25, -0.2) is 4.79 Å². The largest absolute Gasteiger partial charge is 0.456 e. The minimum atomic E-state index is -0.672. The molecule has 0 unspecified atom stereocenters. The number of aryl methyl sites for hydroxylation is 1. The highest BCUT2D eigenvalue weighted by Crippen LogP contribution is 2.55. The van der Waals surface area contributed by atoms with E-state index in [1.807, 2.05) is 6.07 Å². The fraction of sp³-hybridized carbons (Fsp3) is 0.625. The number of pyridine rings is 1. The Balaban J connectivity index is 1.23. The number of urea groups is 1. The third kappa shape index (κ3) is 4.95. The van der Waals surface area contributed by atoms with Crippen LogP contribution >= 0.6 is 0 Å². The number of H-pyrrole nitrogens is 1. The standard InChI is InChI=1S/C24H30N4O5/c1-13-18(14(2)26-22(31)19(13)11-25)3-4-21(30)33-12-20(29)27-23(32)28-24-8-15-5-16(9-24)7-17(6-15)10-24/h15-17H,3-10,12H2,1-2H3,(H,26,31)(H2,27,28,29,32). The van der Waals surface area contributed by atoms with E-state index in [1.165, 1.54) is 19.3 Å². The van der Waals surface area contributed by atoms with Crippen LogP contribution in [0, 0.1) is 42.9 Å². The van der Waals surface area contributed by atoms with Gasteiger partial charge >= 0.3 is 12.0 Å².